The lowest BCUT2D eigenvalue weighted by Crippen LogP contribution is -2.36. The van der Waals surface area contributed by atoms with Gasteiger partial charge in [0.1, 0.15) is 5.83 Å². The van der Waals surface area contributed by atoms with Gasteiger partial charge in [0.2, 0.25) is 0 Å². The number of nitrogens with one attached hydrogen (secondary N) is 1. The highest BCUT2D eigenvalue weighted by Crippen LogP contribution is 2.00. The van der Waals surface area contributed by atoms with E-state index in [1.807, 2.05) is 11.8 Å². The van der Waals surface area contributed by atoms with Crippen LogP contribution in [0.3, 0.4) is 0 Å². The molecule has 1 N–H and O–H groups in total. The Morgan fingerprint density at radius 1 is 1.56 bits per heavy atom. The molecule has 0 fully saturated rings. The Balaban J connectivity index is 4.29. The van der Waals surface area contributed by atoms with Gasteiger partial charge in [0.25, 0.3) is 0 Å². The Bertz CT molecular complexity index is 348. The van der Waals surface area contributed by atoms with E-state index in [4.69, 9.17) is 11.6 Å². The molecule has 18 heavy (non-hydrogen) atoms. The number of halogens is 2. The fourth-order valence-corrected chi connectivity index (χ4v) is 1.16. The van der Waals surface area contributed by atoms with Crippen LogP contribution in [0.4, 0.5) is 4.39 Å². The SMILES string of the molecule is C=CN(CC)C(=C)NCN(C)C(Cl)=N/C=C(\C)F. The van der Waals surface area contributed by atoms with Crippen LogP contribution < -0.4 is 5.32 Å². The molecule has 0 aromatic rings. The fraction of sp³-hybridized carbons (Fsp3) is 0.417. The minimum absolute atomic E-state index is 0.189. The van der Waals surface area contributed by atoms with E-state index in [1.165, 1.54) is 6.92 Å². The predicted octanol–water partition coefficient (Wildman–Crippen LogP) is 2.83. The monoisotopic (exact) mass is 274 g/mol. The van der Waals surface area contributed by atoms with Crippen molar-refractivity contribution >= 4 is 16.9 Å². The number of hydrogen-bond acceptors (Lipinski definition) is 3. The second-order valence-electron chi connectivity index (χ2n) is 3.56. The normalized spacial score (nSPS) is 12.1. The van der Waals surface area contributed by atoms with Gasteiger partial charge in [-0.05, 0) is 31.6 Å². The zero-order chi connectivity index (χ0) is 14.1. The first-order chi connectivity index (χ1) is 8.42. The molecule has 0 amide bonds. The third-order valence-electron chi connectivity index (χ3n) is 2.09. The van der Waals surface area contributed by atoms with Crippen LogP contribution in [-0.4, -0.2) is 35.4 Å². The molecule has 0 aliphatic carbocycles. The molecule has 0 aromatic carbocycles. The van der Waals surface area contributed by atoms with Gasteiger partial charge in [0, 0.05) is 13.6 Å². The van der Waals surface area contributed by atoms with Crippen molar-refractivity contribution in [2.24, 2.45) is 4.99 Å². The standard InChI is InChI=1S/C12H20ClFN4/c1-6-18(7-2)11(4)16-9-17(5)12(13)15-8-10(3)14/h6,8,16H,1,4,7,9H2,2-3,5H3/b10-8+,15-12?. The van der Waals surface area contributed by atoms with E-state index in [9.17, 15) is 4.39 Å². The van der Waals surface area contributed by atoms with Crippen molar-refractivity contribution in [3.05, 3.63) is 37.2 Å². The average Bonchev–Trinajstić information content (AvgIpc) is 2.34. The molecule has 0 heterocycles. The molecule has 102 valence electrons. The van der Waals surface area contributed by atoms with Gasteiger partial charge < -0.3 is 15.1 Å². The van der Waals surface area contributed by atoms with Crippen LogP contribution in [0.15, 0.2) is 42.2 Å². The minimum atomic E-state index is -0.400. The molecule has 0 radical (unpaired) electrons. The maximum absolute atomic E-state index is 12.5. The molecular weight excluding hydrogens is 255 g/mol. The van der Waals surface area contributed by atoms with Crippen molar-refractivity contribution in [3.63, 3.8) is 0 Å². The summed E-state index contributed by atoms with van der Waals surface area (Å²) in [6.45, 7) is 12.0. The van der Waals surface area contributed by atoms with E-state index in [2.05, 4.69) is 23.5 Å². The van der Waals surface area contributed by atoms with Crippen LogP contribution >= 0.6 is 11.6 Å². The maximum atomic E-state index is 12.5. The highest BCUT2D eigenvalue weighted by Gasteiger charge is 2.04. The Morgan fingerprint density at radius 2 is 2.17 bits per heavy atom. The first-order valence-electron chi connectivity index (χ1n) is 5.51. The van der Waals surface area contributed by atoms with Gasteiger partial charge in [-0.15, -0.1) is 0 Å². The highest BCUT2D eigenvalue weighted by atomic mass is 35.5. The van der Waals surface area contributed by atoms with Gasteiger partial charge in [-0.2, -0.15) is 0 Å². The Kier molecular flexibility index (Phi) is 7.87. The van der Waals surface area contributed by atoms with Crippen LogP contribution in [0.2, 0.25) is 0 Å². The molecule has 0 saturated carbocycles. The van der Waals surface area contributed by atoms with Gasteiger partial charge >= 0.3 is 0 Å². The van der Waals surface area contributed by atoms with Crippen LogP contribution in [0.1, 0.15) is 13.8 Å². The molecule has 0 unspecified atom stereocenters. The number of amidine groups is 1. The summed E-state index contributed by atoms with van der Waals surface area (Å²) in [5.74, 6) is 0.309. The second kappa shape index (κ2) is 8.58. The van der Waals surface area contributed by atoms with Crippen LogP contribution in [-0.2, 0) is 0 Å². The molecule has 4 nitrogen and oxygen atoms in total. The molecule has 0 atom stereocenters. The molecule has 0 spiro atoms. The number of nitrogens with zero attached hydrogens (tertiary/aromatic N) is 3. The molecule has 0 aromatic heterocycles. The zero-order valence-electron chi connectivity index (χ0n) is 11.1. The lowest BCUT2D eigenvalue weighted by molar-refractivity contribution is 0.399. The Morgan fingerprint density at radius 3 is 2.61 bits per heavy atom. The average molecular weight is 275 g/mol. The van der Waals surface area contributed by atoms with Crippen molar-refractivity contribution < 1.29 is 4.39 Å². The smallest absolute Gasteiger partial charge is 0.199 e. The molecule has 6 heteroatoms. The highest BCUT2D eigenvalue weighted by molar-refractivity contribution is 6.64. The van der Waals surface area contributed by atoms with Gasteiger partial charge in [0.05, 0.1) is 18.7 Å². The third kappa shape index (κ3) is 6.30. The predicted molar refractivity (Wildman–Crippen MR) is 75.6 cm³/mol. The number of hydrogen-bond donors (Lipinski definition) is 1. The van der Waals surface area contributed by atoms with E-state index in [0.29, 0.717) is 12.5 Å². The van der Waals surface area contributed by atoms with Crippen molar-refractivity contribution in [3.8, 4) is 0 Å². The largest absolute Gasteiger partial charge is 0.354 e. The summed E-state index contributed by atoms with van der Waals surface area (Å²) in [5, 5.41) is 3.25. The maximum Gasteiger partial charge on any atom is 0.199 e. The summed E-state index contributed by atoms with van der Waals surface area (Å²) in [7, 11) is 1.73. The molecule has 0 saturated heterocycles. The summed E-state index contributed by atoms with van der Waals surface area (Å²) in [6, 6.07) is 0. The van der Waals surface area contributed by atoms with Gasteiger partial charge in [-0.3, -0.25) is 0 Å². The van der Waals surface area contributed by atoms with Crippen molar-refractivity contribution in [2.45, 2.75) is 13.8 Å². The molecule has 0 aliphatic rings. The fourth-order valence-electron chi connectivity index (χ4n) is 1.05. The molecular formula is C12H20ClFN4. The van der Waals surface area contributed by atoms with E-state index in [-0.39, 0.29) is 5.29 Å². The van der Waals surface area contributed by atoms with E-state index >= 15 is 0 Å². The topological polar surface area (TPSA) is 30.9 Å². The Labute approximate surface area is 113 Å². The molecule has 0 aliphatic heterocycles. The summed E-state index contributed by atoms with van der Waals surface area (Å²) in [6.07, 6.45) is 2.75. The van der Waals surface area contributed by atoms with E-state index < -0.39 is 5.83 Å². The minimum Gasteiger partial charge on any atom is -0.354 e. The summed E-state index contributed by atoms with van der Waals surface area (Å²) in [5.41, 5.74) is 0. The first kappa shape index (κ1) is 16.5. The van der Waals surface area contributed by atoms with Gasteiger partial charge in [0.15, 0.2) is 5.29 Å². The Hall–Kier alpha value is -1.49. The van der Waals surface area contributed by atoms with Crippen molar-refractivity contribution in [2.75, 3.05) is 20.3 Å². The number of allylic oxidation sites excluding steroid dienone is 1. The summed E-state index contributed by atoms with van der Waals surface area (Å²) >= 11 is 5.87. The number of aliphatic imine (C=N–C) groups is 1. The summed E-state index contributed by atoms with van der Waals surface area (Å²) < 4.78 is 12.5. The van der Waals surface area contributed by atoms with Crippen LogP contribution in [0, 0.1) is 0 Å². The molecule has 0 bridgehead atoms. The lowest BCUT2D eigenvalue weighted by atomic mass is 10.5. The molecule has 0 rings (SSSR count). The number of rotatable bonds is 7. The summed E-state index contributed by atoms with van der Waals surface area (Å²) in [4.78, 5) is 7.23. The van der Waals surface area contributed by atoms with E-state index in [0.717, 1.165) is 12.7 Å². The third-order valence-corrected chi connectivity index (χ3v) is 2.48. The second-order valence-corrected chi connectivity index (χ2v) is 3.90. The van der Waals surface area contributed by atoms with Crippen LogP contribution in [0.25, 0.3) is 0 Å². The quantitative estimate of drug-likeness (QED) is 0.335. The van der Waals surface area contributed by atoms with Crippen molar-refractivity contribution in [1.29, 1.82) is 0 Å². The van der Waals surface area contributed by atoms with Crippen LogP contribution in [0.5, 0.6) is 0 Å². The lowest BCUT2D eigenvalue weighted by Gasteiger charge is -2.24. The zero-order valence-corrected chi connectivity index (χ0v) is 11.8. The van der Waals surface area contributed by atoms with Crippen molar-refractivity contribution in [1.82, 2.24) is 15.1 Å². The van der Waals surface area contributed by atoms with E-state index in [1.54, 1.807) is 18.1 Å². The first-order valence-corrected chi connectivity index (χ1v) is 5.88. The van der Waals surface area contributed by atoms with Gasteiger partial charge in [-0.1, -0.05) is 13.2 Å². The van der Waals surface area contributed by atoms with Gasteiger partial charge in [-0.25, -0.2) is 9.38 Å².